The minimum Gasteiger partial charge on any atom is -0.397 e. The molecule has 0 atom stereocenters. The Labute approximate surface area is 248 Å². The number of rotatable bonds is 0. The van der Waals surface area contributed by atoms with E-state index < -0.39 is 0 Å². The molecule has 8 bridgehead atoms. The zero-order valence-electron chi connectivity index (χ0n) is 22.9. The van der Waals surface area contributed by atoms with Crippen LogP contribution in [0.1, 0.15) is 0 Å². The van der Waals surface area contributed by atoms with Crippen molar-refractivity contribution in [3.63, 3.8) is 0 Å². The highest BCUT2D eigenvalue weighted by Crippen LogP contribution is 2.39. The van der Waals surface area contributed by atoms with Gasteiger partial charge in [0.1, 0.15) is 11.3 Å². The van der Waals surface area contributed by atoms with Gasteiger partial charge in [-0.3, -0.25) is 0 Å². The Hall–Kier alpha value is -6.56. The van der Waals surface area contributed by atoms with Crippen LogP contribution >= 0.6 is 0 Å². The Morgan fingerprint density at radius 1 is 0.500 bits per heavy atom. The molecule has 0 spiro atoms. The number of aromatic nitrogens is 8. The molecule has 9 rings (SSSR count). The molecule has 210 valence electrons. The minimum atomic E-state index is 0.269. The SMILES string of the molecule is Nc1cc2c3nc4nc(nc5c6ccccc6c(nc6nc(nc([nH]3)c2c(N)c1N)-c1ccccc1-6)n5N)-c1ccccc1-4. The topological polar surface area (TPSA) is 202 Å². The van der Waals surface area contributed by atoms with Crippen LogP contribution in [0.4, 0.5) is 17.1 Å². The van der Waals surface area contributed by atoms with E-state index in [0.29, 0.717) is 68.0 Å². The number of nitrogens with one attached hydrogen (secondary N) is 1. The van der Waals surface area contributed by atoms with Gasteiger partial charge in [0, 0.05) is 38.4 Å². The highest BCUT2D eigenvalue weighted by molar-refractivity contribution is 6.16. The maximum Gasteiger partial charge on any atom is 0.164 e. The Balaban J connectivity index is 1.55. The molecule has 0 fully saturated rings. The molecular weight excluding hydrogens is 552 g/mol. The Bertz CT molecular complexity index is 2560. The summed E-state index contributed by atoms with van der Waals surface area (Å²) >= 11 is 0. The lowest BCUT2D eigenvalue weighted by molar-refractivity contribution is 1.05. The number of nitrogens with zero attached hydrogens (tertiary/aromatic N) is 7. The summed E-state index contributed by atoms with van der Waals surface area (Å²) in [4.78, 5) is 33.0. The predicted molar refractivity (Wildman–Crippen MR) is 173 cm³/mol. The summed E-state index contributed by atoms with van der Waals surface area (Å²) < 4.78 is 1.48. The van der Waals surface area contributed by atoms with E-state index >= 15 is 0 Å². The van der Waals surface area contributed by atoms with Gasteiger partial charge in [0.15, 0.2) is 34.6 Å². The van der Waals surface area contributed by atoms with Gasteiger partial charge in [-0.2, -0.15) is 0 Å². The molecule has 3 aromatic heterocycles. The number of hydrogen-bond acceptors (Lipinski definition) is 10. The van der Waals surface area contributed by atoms with Gasteiger partial charge in [0.2, 0.25) is 0 Å². The van der Waals surface area contributed by atoms with Crippen LogP contribution in [0.3, 0.4) is 0 Å². The molecule has 2 aliphatic heterocycles. The molecule has 7 aromatic rings. The van der Waals surface area contributed by atoms with E-state index in [-0.39, 0.29) is 5.69 Å². The molecule has 0 saturated carbocycles. The predicted octanol–water partition coefficient (Wildman–Crippen LogP) is 4.80. The third kappa shape index (κ3) is 3.21. The number of H-pyrrole nitrogens is 1. The molecule has 0 saturated heterocycles. The fourth-order valence-electron chi connectivity index (χ4n) is 6.00. The van der Waals surface area contributed by atoms with Gasteiger partial charge in [-0.15, -0.1) is 0 Å². The second kappa shape index (κ2) is 8.49. The first kappa shape index (κ1) is 24.1. The van der Waals surface area contributed by atoms with Gasteiger partial charge < -0.3 is 28.0 Å². The third-order valence-electron chi connectivity index (χ3n) is 8.13. The summed E-state index contributed by atoms with van der Waals surface area (Å²) in [7, 11) is 0. The van der Waals surface area contributed by atoms with E-state index in [0.717, 1.165) is 33.0 Å². The highest BCUT2D eigenvalue weighted by Gasteiger charge is 2.23. The Morgan fingerprint density at radius 2 is 0.955 bits per heavy atom. The lowest BCUT2D eigenvalue weighted by Gasteiger charge is -2.05. The molecule has 44 heavy (non-hydrogen) atoms. The van der Waals surface area contributed by atoms with E-state index in [1.807, 2.05) is 72.8 Å². The van der Waals surface area contributed by atoms with Crippen LogP contribution in [-0.2, 0) is 0 Å². The number of nitrogens with two attached hydrogens (primary N) is 4. The standard InChI is InChI=1S/C32H22N12/c33-21-13-20-22(24(35)23(21)34)30-40-26-15-8-2-4-10-17(15)28(38-26)43-32-19-12-6-5-11-18(19)31(44(32)36)42-27-16-9-3-1-7-14(16)25(37-27)39-29(20)41-30/h1-13H,33-36H2,(H,37,38,39,40,41,42,43). The molecule has 0 aliphatic carbocycles. The van der Waals surface area contributed by atoms with Crippen molar-refractivity contribution in [2.45, 2.75) is 0 Å². The molecule has 0 radical (unpaired) electrons. The molecule has 2 aliphatic rings. The number of benzene rings is 4. The van der Waals surface area contributed by atoms with E-state index in [1.54, 1.807) is 6.07 Å². The van der Waals surface area contributed by atoms with Crippen molar-refractivity contribution in [2.75, 3.05) is 23.0 Å². The molecule has 9 N–H and O–H groups in total. The first-order valence-electron chi connectivity index (χ1n) is 13.8. The van der Waals surface area contributed by atoms with Crippen LogP contribution in [0.15, 0.2) is 78.9 Å². The van der Waals surface area contributed by atoms with Gasteiger partial charge in [-0.05, 0) is 6.07 Å². The zero-order chi connectivity index (χ0) is 29.7. The average molecular weight is 575 g/mol. The lowest BCUT2D eigenvalue weighted by Crippen LogP contribution is -2.09. The molecule has 0 amide bonds. The van der Waals surface area contributed by atoms with Gasteiger partial charge in [-0.1, -0.05) is 72.8 Å². The maximum absolute atomic E-state index is 6.74. The summed E-state index contributed by atoms with van der Waals surface area (Å²) in [6.07, 6.45) is 0. The normalized spacial score (nSPS) is 12.0. The Kier molecular flexibility index (Phi) is 4.64. The van der Waals surface area contributed by atoms with Gasteiger partial charge in [0.05, 0.1) is 22.4 Å². The van der Waals surface area contributed by atoms with Crippen molar-refractivity contribution < 1.29 is 0 Å². The molecule has 12 nitrogen and oxygen atoms in total. The Morgan fingerprint density at radius 3 is 1.48 bits per heavy atom. The van der Waals surface area contributed by atoms with Crippen LogP contribution in [-0.4, -0.2) is 39.6 Å². The van der Waals surface area contributed by atoms with E-state index in [2.05, 4.69) is 4.98 Å². The summed E-state index contributed by atoms with van der Waals surface area (Å²) in [5.74, 6) is 8.58. The van der Waals surface area contributed by atoms with Crippen molar-refractivity contribution in [2.24, 2.45) is 0 Å². The van der Waals surface area contributed by atoms with Crippen LogP contribution < -0.4 is 23.0 Å². The quantitative estimate of drug-likeness (QED) is 0.124. The number of nitrogen functional groups attached to an aromatic ring is 4. The number of aromatic amines is 1. The first-order valence-corrected chi connectivity index (χ1v) is 13.8. The monoisotopic (exact) mass is 574 g/mol. The smallest absolute Gasteiger partial charge is 0.164 e. The molecule has 4 aromatic carbocycles. The van der Waals surface area contributed by atoms with E-state index in [1.165, 1.54) is 4.68 Å². The van der Waals surface area contributed by atoms with E-state index in [9.17, 15) is 0 Å². The summed E-state index contributed by atoms with van der Waals surface area (Å²) in [6, 6.07) is 25.1. The second-order valence-electron chi connectivity index (χ2n) is 10.7. The van der Waals surface area contributed by atoms with Crippen LogP contribution in [0.2, 0.25) is 0 Å². The minimum absolute atomic E-state index is 0.269. The molecular formula is C32H22N12. The van der Waals surface area contributed by atoms with E-state index in [4.69, 9.17) is 52.9 Å². The van der Waals surface area contributed by atoms with Crippen LogP contribution in [0.5, 0.6) is 0 Å². The molecule has 0 unspecified atom stereocenters. The maximum atomic E-state index is 6.74. The average Bonchev–Trinajstić information content (AvgIpc) is 3.74. The van der Waals surface area contributed by atoms with Crippen molar-refractivity contribution in [3.8, 4) is 45.6 Å². The highest BCUT2D eigenvalue weighted by atomic mass is 15.3. The van der Waals surface area contributed by atoms with Crippen molar-refractivity contribution in [1.29, 1.82) is 0 Å². The first-order chi connectivity index (χ1) is 21.5. The van der Waals surface area contributed by atoms with Gasteiger partial charge >= 0.3 is 0 Å². The lowest BCUT2D eigenvalue weighted by atomic mass is 10.1. The largest absolute Gasteiger partial charge is 0.397 e. The fraction of sp³-hybridized carbons (Fsp3) is 0. The van der Waals surface area contributed by atoms with Gasteiger partial charge in [-0.25, -0.2) is 34.6 Å². The zero-order valence-corrected chi connectivity index (χ0v) is 22.9. The summed E-state index contributed by atoms with van der Waals surface area (Å²) in [6.45, 7) is 0. The van der Waals surface area contributed by atoms with Crippen LogP contribution in [0.25, 0.3) is 89.7 Å². The van der Waals surface area contributed by atoms with Crippen molar-refractivity contribution in [1.82, 2.24) is 39.6 Å². The van der Waals surface area contributed by atoms with Gasteiger partial charge in [0.25, 0.3) is 0 Å². The van der Waals surface area contributed by atoms with Crippen molar-refractivity contribution >= 4 is 61.2 Å². The summed E-state index contributed by atoms with van der Waals surface area (Å²) in [5, 5.41) is 2.88. The number of anilines is 3. The summed E-state index contributed by atoms with van der Waals surface area (Å²) in [5.41, 5.74) is 25.1. The number of hydrogen-bond donors (Lipinski definition) is 5. The fourth-order valence-corrected chi connectivity index (χ4v) is 6.00. The molecule has 5 heterocycles. The molecule has 12 heteroatoms. The second-order valence-corrected chi connectivity index (χ2v) is 10.7. The van der Waals surface area contributed by atoms with Crippen molar-refractivity contribution in [3.05, 3.63) is 78.9 Å². The number of fused-ring (bicyclic) bond motifs is 20. The third-order valence-corrected chi connectivity index (χ3v) is 8.13. The van der Waals surface area contributed by atoms with Crippen LogP contribution in [0, 0.1) is 0 Å².